The number of primary amides is 1. The van der Waals surface area contributed by atoms with Gasteiger partial charge in [0.05, 0.1) is 30.2 Å². The molecule has 2 aromatic rings. The molecule has 184 valence electrons. The number of nitrogens with two attached hydrogens (primary N) is 1. The minimum Gasteiger partial charge on any atom is -0.497 e. The molecular weight excluding hydrogens is 456 g/mol. The number of carbonyl (C=O) groups is 3. The number of piperazine rings is 1. The molecule has 9 nitrogen and oxygen atoms in total. The van der Waals surface area contributed by atoms with Gasteiger partial charge < -0.3 is 20.5 Å². The largest absolute Gasteiger partial charge is 0.497 e. The molecule has 10 heteroatoms. The summed E-state index contributed by atoms with van der Waals surface area (Å²) < 4.78 is 10.6. The Bertz CT molecular complexity index is 1040. The molecule has 0 aliphatic carbocycles. The molecule has 3 rings (SSSR count). The molecule has 0 saturated carbocycles. The van der Waals surface area contributed by atoms with Gasteiger partial charge in [-0.1, -0.05) is 12.1 Å². The monoisotopic (exact) mass is 488 g/mol. The highest BCUT2D eigenvalue weighted by Gasteiger charge is 2.27. The van der Waals surface area contributed by atoms with E-state index in [2.05, 4.69) is 21.2 Å². The highest BCUT2D eigenvalue weighted by molar-refractivity contribution is 7.18. The lowest BCUT2D eigenvalue weighted by molar-refractivity contribution is -0.117. The van der Waals surface area contributed by atoms with E-state index in [1.807, 2.05) is 18.2 Å². The minimum atomic E-state index is -0.645. The molecule has 0 unspecified atom stereocenters. The molecule has 1 aromatic carbocycles. The summed E-state index contributed by atoms with van der Waals surface area (Å²) in [6, 6.07) is 8.02. The molecule has 1 fully saturated rings. The van der Waals surface area contributed by atoms with Gasteiger partial charge in [0.25, 0.3) is 5.91 Å². The van der Waals surface area contributed by atoms with Crippen LogP contribution in [0.1, 0.15) is 45.0 Å². The van der Waals surface area contributed by atoms with Crippen molar-refractivity contribution in [1.82, 2.24) is 9.80 Å². The third kappa shape index (κ3) is 6.55. The van der Waals surface area contributed by atoms with Crippen molar-refractivity contribution in [3.8, 4) is 5.75 Å². The van der Waals surface area contributed by atoms with Crippen LogP contribution in [-0.4, -0.2) is 73.5 Å². The van der Waals surface area contributed by atoms with E-state index >= 15 is 0 Å². The van der Waals surface area contributed by atoms with E-state index in [4.69, 9.17) is 15.2 Å². The number of esters is 1. The van der Waals surface area contributed by atoms with E-state index < -0.39 is 11.9 Å². The van der Waals surface area contributed by atoms with E-state index in [1.165, 1.54) is 5.56 Å². The molecule has 1 aliphatic heterocycles. The molecule has 1 aromatic heterocycles. The lowest BCUT2D eigenvalue weighted by Gasteiger charge is -2.34. The van der Waals surface area contributed by atoms with Crippen molar-refractivity contribution < 1.29 is 23.9 Å². The standard InChI is InChI=1S/C24H32N4O5S/c1-15(2)33-24(31)20-16(3)21(22(25)30)34-23(20)26-19(29)14-28-10-8-27(9-11-28)13-17-6-5-7-18(12-17)32-4/h5-7,12,15H,8-11,13-14H2,1-4H3,(H2,25,30)(H,26,29). The third-order valence-electron chi connectivity index (χ3n) is 5.54. The van der Waals surface area contributed by atoms with Gasteiger partial charge in [-0.25, -0.2) is 4.79 Å². The fourth-order valence-corrected chi connectivity index (χ4v) is 4.92. The summed E-state index contributed by atoms with van der Waals surface area (Å²) in [6.07, 6.45) is -0.333. The fourth-order valence-electron chi connectivity index (χ4n) is 3.86. The number of hydrogen-bond donors (Lipinski definition) is 2. The number of anilines is 1. The highest BCUT2D eigenvalue weighted by Crippen LogP contribution is 2.33. The van der Waals surface area contributed by atoms with Crippen molar-refractivity contribution in [2.45, 2.75) is 33.4 Å². The van der Waals surface area contributed by atoms with Crippen molar-refractivity contribution in [3.63, 3.8) is 0 Å². The van der Waals surface area contributed by atoms with Crippen molar-refractivity contribution in [1.29, 1.82) is 0 Å². The third-order valence-corrected chi connectivity index (χ3v) is 6.76. The lowest BCUT2D eigenvalue weighted by atomic mass is 10.1. The number of benzene rings is 1. The van der Waals surface area contributed by atoms with Gasteiger partial charge in [-0.3, -0.25) is 19.4 Å². The second-order valence-electron chi connectivity index (χ2n) is 8.53. The van der Waals surface area contributed by atoms with Crippen molar-refractivity contribution in [3.05, 3.63) is 45.8 Å². The van der Waals surface area contributed by atoms with Gasteiger partial charge in [-0.2, -0.15) is 0 Å². The molecule has 2 amide bonds. The van der Waals surface area contributed by atoms with Crippen LogP contribution in [0.2, 0.25) is 0 Å². The molecule has 0 bridgehead atoms. The molecule has 3 N–H and O–H groups in total. The van der Waals surface area contributed by atoms with Crippen LogP contribution in [0.3, 0.4) is 0 Å². The summed E-state index contributed by atoms with van der Waals surface area (Å²) in [6.45, 7) is 9.27. The van der Waals surface area contributed by atoms with E-state index in [9.17, 15) is 14.4 Å². The molecule has 0 atom stereocenters. The summed E-state index contributed by atoms with van der Waals surface area (Å²) in [5.41, 5.74) is 7.24. The van der Waals surface area contributed by atoms with E-state index in [0.717, 1.165) is 49.8 Å². The van der Waals surface area contributed by atoms with Crippen molar-refractivity contribution in [2.75, 3.05) is 45.2 Å². The van der Waals surface area contributed by atoms with Crippen LogP contribution in [0, 0.1) is 6.92 Å². The van der Waals surface area contributed by atoms with Crippen molar-refractivity contribution >= 4 is 34.1 Å². The maximum Gasteiger partial charge on any atom is 0.341 e. The quantitative estimate of drug-likeness (QED) is 0.521. The van der Waals surface area contributed by atoms with E-state index in [0.29, 0.717) is 10.6 Å². The number of amides is 2. The maximum atomic E-state index is 12.8. The topological polar surface area (TPSA) is 114 Å². The summed E-state index contributed by atoms with van der Waals surface area (Å²) in [5, 5.41) is 3.08. The Hall–Kier alpha value is -2.95. The average molecular weight is 489 g/mol. The fraction of sp³-hybridized carbons (Fsp3) is 0.458. The Labute approximate surface area is 203 Å². The maximum absolute atomic E-state index is 12.8. The van der Waals surface area contributed by atoms with Gasteiger partial charge in [0, 0.05) is 32.7 Å². The number of thiophene rings is 1. The zero-order valence-corrected chi connectivity index (χ0v) is 20.9. The number of hydrogen-bond acceptors (Lipinski definition) is 8. The van der Waals surface area contributed by atoms with E-state index in [1.54, 1.807) is 27.9 Å². The van der Waals surface area contributed by atoms with Crippen LogP contribution in [0.15, 0.2) is 24.3 Å². The highest BCUT2D eigenvalue weighted by atomic mass is 32.1. The Kier molecular flexibility index (Phi) is 8.65. The summed E-state index contributed by atoms with van der Waals surface area (Å²) in [7, 11) is 1.66. The van der Waals surface area contributed by atoms with Crippen LogP contribution in [0.25, 0.3) is 0 Å². The van der Waals surface area contributed by atoms with Crippen LogP contribution < -0.4 is 15.8 Å². The van der Waals surface area contributed by atoms with E-state index in [-0.39, 0.29) is 29.0 Å². The van der Waals surface area contributed by atoms with Crippen LogP contribution in [0.4, 0.5) is 5.00 Å². The molecule has 2 heterocycles. The molecule has 0 spiro atoms. The van der Waals surface area contributed by atoms with Crippen LogP contribution in [-0.2, 0) is 16.1 Å². The second-order valence-corrected chi connectivity index (χ2v) is 9.55. The summed E-state index contributed by atoms with van der Waals surface area (Å²) in [4.78, 5) is 41.8. The first-order valence-electron chi connectivity index (χ1n) is 11.2. The molecular formula is C24H32N4O5S. The number of carbonyl (C=O) groups excluding carboxylic acids is 3. The summed E-state index contributed by atoms with van der Waals surface area (Å²) >= 11 is 1.00. The molecule has 1 aliphatic rings. The lowest BCUT2D eigenvalue weighted by Crippen LogP contribution is -2.48. The predicted molar refractivity (Wildman–Crippen MR) is 131 cm³/mol. The Morgan fingerprint density at radius 3 is 2.44 bits per heavy atom. The first-order valence-corrected chi connectivity index (χ1v) is 12.0. The Morgan fingerprint density at radius 1 is 1.15 bits per heavy atom. The Morgan fingerprint density at radius 2 is 1.82 bits per heavy atom. The van der Waals surface area contributed by atoms with Gasteiger partial charge in [-0.15, -0.1) is 11.3 Å². The van der Waals surface area contributed by atoms with Crippen LogP contribution >= 0.6 is 11.3 Å². The zero-order valence-electron chi connectivity index (χ0n) is 20.1. The smallest absolute Gasteiger partial charge is 0.341 e. The number of nitrogens with zero attached hydrogens (tertiary/aromatic N) is 2. The Balaban J connectivity index is 1.58. The number of methoxy groups -OCH3 is 1. The van der Waals surface area contributed by atoms with Gasteiger partial charge >= 0.3 is 5.97 Å². The summed E-state index contributed by atoms with van der Waals surface area (Å²) in [5.74, 6) is -0.642. The first-order chi connectivity index (χ1) is 16.2. The normalized spacial score (nSPS) is 14.7. The number of ether oxygens (including phenoxy) is 2. The molecule has 0 radical (unpaired) electrons. The van der Waals surface area contributed by atoms with Gasteiger partial charge in [0.1, 0.15) is 10.8 Å². The minimum absolute atomic E-state index is 0.184. The van der Waals surface area contributed by atoms with Gasteiger partial charge in [0.15, 0.2) is 0 Å². The number of nitrogens with one attached hydrogen (secondary N) is 1. The molecule has 34 heavy (non-hydrogen) atoms. The SMILES string of the molecule is COc1cccc(CN2CCN(CC(=O)Nc3sc(C(N)=O)c(C)c3C(=O)OC(C)C)CC2)c1. The average Bonchev–Trinajstić information content (AvgIpc) is 3.10. The molecule has 1 saturated heterocycles. The van der Waals surface area contributed by atoms with Crippen LogP contribution in [0.5, 0.6) is 5.75 Å². The zero-order chi connectivity index (χ0) is 24.8. The van der Waals surface area contributed by atoms with Gasteiger partial charge in [0.2, 0.25) is 5.91 Å². The predicted octanol–water partition coefficient (Wildman–Crippen LogP) is 2.49. The van der Waals surface area contributed by atoms with Crippen molar-refractivity contribution in [2.24, 2.45) is 5.73 Å². The van der Waals surface area contributed by atoms with Gasteiger partial charge in [-0.05, 0) is 44.0 Å². The first kappa shape index (κ1) is 25.7. The number of rotatable bonds is 9. The second kappa shape index (κ2) is 11.5.